The van der Waals surface area contributed by atoms with Gasteiger partial charge < -0.3 is 5.32 Å². The van der Waals surface area contributed by atoms with Crippen LogP contribution in [0.2, 0.25) is 0 Å². The Hall–Kier alpha value is -0.0800. The van der Waals surface area contributed by atoms with Gasteiger partial charge in [0.1, 0.15) is 0 Å². The van der Waals surface area contributed by atoms with Crippen LogP contribution in [0.1, 0.15) is 71.1 Å². The van der Waals surface area contributed by atoms with Crippen LogP contribution in [-0.2, 0) is 0 Å². The molecular formula is C17H32N2. The molecule has 2 bridgehead atoms. The van der Waals surface area contributed by atoms with Crippen LogP contribution in [0.25, 0.3) is 0 Å². The second-order valence-electron chi connectivity index (χ2n) is 7.24. The summed E-state index contributed by atoms with van der Waals surface area (Å²) in [6.45, 7) is 2.39. The van der Waals surface area contributed by atoms with Crippen LogP contribution in [0, 0.1) is 5.92 Å². The SMILES string of the molecule is CCC1CCCC(N2C3CCCC2CC(NC)C3)C1. The van der Waals surface area contributed by atoms with Gasteiger partial charge in [0.05, 0.1) is 0 Å². The van der Waals surface area contributed by atoms with E-state index < -0.39 is 0 Å². The smallest absolute Gasteiger partial charge is 0.0116 e. The van der Waals surface area contributed by atoms with E-state index in [4.69, 9.17) is 0 Å². The minimum absolute atomic E-state index is 0.789. The number of piperidine rings is 2. The van der Waals surface area contributed by atoms with Crippen molar-refractivity contribution in [3.63, 3.8) is 0 Å². The standard InChI is InChI=1S/C17H32N2/c1-3-13-6-4-7-15(10-13)19-16-8-5-9-17(19)12-14(11-16)18-2/h13-18H,3-12H2,1-2H3. The Morgan fingerprint density at radius 3 is 2.05 bits per heavy atom. The van der Waals surface area contributed by atoms with E-state index in [9.17, 15) is 0 Å². The zero-order chi connectivity index (χ0) is 13.2. The average Bonchev–Trinajstić information content (AvgIpc) is 2.46. The highest BCUT2D eigenvalue weighted by Gasteiger charge is 2.42. The van der Waals surface area contributed by atoms with Crippen LogP contribution in [0.4, 0.5) is 0 Å². The zero-order valence-electron chi connectivity index (χ0n) is 12.9. The van der Waals surface area contributed by atoms with E-state index in [0.717, 1.165) is 30.1 Å². The largest absolute Gasteiger partial charge is 0.317 e. The van der Waals surface area contributed by atoms with Gasteiger partial charge in [-0.1, -0.05) is 32.6 Å². The summed E-state index contributed by atoms with van der Waals surface area (Å²) in [6.07, 6.45) is 14.6. The number of hydrogen-bond donors (Lipinski definition) is 1. The molecule has 0 aromatic heterocycles. The Balaban J connectivity index is 1.69. The van der Waals surface area contributed by atoms with Gasteiger partial charge in [0.25, 0.3) is 0 Å². The maximum atomic E-state index is 3.55. The lowest BCUT2D eigenvalue weighted by Crippen LogP contribution is -2.59. The molecule has 1 N–H and O–H groups in total. The molecule has 0 aromatic rings. The predicted molar refractivity (Wildman–Crippen MR) is 81.4 cm³/mol. The van der Waals surface area contributed by atoms with Crippen molar-refractivity contribution in [2.75, 3.05) is 7.05 Å². The summed E-state index contributed by atoms with van der Waals surface area (Å²) in [6, 6.07) is 3.50. The summed E-state index contributed by atoms with van der Waals surface area (Å²) in [7, 11) is 2.16. The third-order valence-electron chi connectivity index (χ3n) is 6.19. The van der Waals surface area contributed by atoms with Crippen molar-refractivity contribution < 1.29 is 0 Å². The monoisotopic (exact) mass is 264 g/mol. The van der Waals surface area contributed by atoms with Crippen molar-refractivity contribution in [2.24, 2.45) is 5.92 Å². The molecule has 0 spiro atoms. The molecule has 3 fully saturated rings. The third-order valence-corrected chi connectivity index (χ3v) is 6.19. The van der Waals surface area contributed by atoms with Gasteiger partial charge in [-0.05, 0) is 51.5 Å². The van der Waals surface area contributed by atoms with E-state index in [2.05, 4.69) is 24.2 Å². The van der Waals surface area contributed by atoms with Crippen LogP contribution in [0.5, 0.6) is 0 Å². The summed E-state index contributed by atoms with van der Waals surface area (Å²) in [4.78, 5) is 3.00. The Morgan fingerprint density at radius 1 is 0.895 bits per heavy atom. The lowest BCUT2D eigenvalue weighted by Gasteiger charge is -2.53. The average molecular weight is 264 g/mol. The first-order valence-electron chi connectivity index (χ1n) is 8.76. The van der Waals surface area contributed by atoms with Gasteiger partial charge in [-0.25, -0.2) is 0 Å². The molecule has 2 nitrogen and oxygen atoms in total. The van der Waals surface area contributed by atoms with Gasteiger partial charge in [0.15, 0.2) is 0 Å². The molecule has 2 heterocycles. The molecule has 110 valence electrons. The molecule has 0 radical (unpaired) electrons. The summed E-state index contributed by atoms with van der Waals surface area (Å²) in [5.74, 6) is 1.02. The molecule has 2 heteroatoms. The first-order chi connectivity index (χ1) is 9.31. The molecule has 4 atom stereocenters. The van der Waals surface area contributed by atoms with Crippen LogP contribution < -0.4 is 5.32 Å². The van der Waals surface area contributed by atoms with Crippen molar-refractivity contribution in [1.82, 2.24) is 10.2 Å². The molecule has 0 aromatic carbocycles. The molecule has 3 rings (SSSR count). The second-order valence-corrected chi connectivity index (χ2v) is 7.24. The van der Waals surface area contributed by atoms with Crippen molar-refractivity contribution in [3.8, 4) is 0 Å². The molecule has 0 amide bonds. The van der Waals surface area contributed by atoms with Crippen molar-refractivity contribution in [3.05, 3.63) is 0 Å². The van der Waals surface area contributed by atoms with Gasteiger partial charge in [0.2, 0.25) is 0 Å². The molecule has 19 heavy (non-hydrogen) atoms. The number of nitrogens with zero attached hydrogens (tertiary/aromatic N) is 1. The minimum atomic E-state index is 0.789. The minimum Gasteiger partial charge on any atom is -0.317 e. The zero-order valence-corrected chi connectivity index (χ0v) is 12.9. The summed E-state index contributed by atoms with van der Waals surface area (Å²) < 4.78 is 0. The number of nitrogens with one attached hydrogen (secondary N) is 1. The molecule has 1 aliphatic carbocycles. The topological polar surface area (TPSA) is 15.3 Å². The van der Waals surface area contributed by atoms with Crippen molar-refractivity contribution in [2.45, 2.75) is 95.3 Å². The molecular weight excluding hydrogens is 232 g/mol. The quantitative estimate of drug-likeness (QED) is 0.838. The Labute approximate surface area is 119 Å². The van der Waals surface area contributed by atoms with Crippen molar-refractivity contribution >= 4 is 0 Å². The molecule has 2 aliphatic heterocycles. The van der Waals surface area contributed by atoms with Crippen LogP contribution in [0.15, 0.2) is 0 Å². The highest BCUT2D eigenvalue weighted by atomic mass is 15.2. The predicted octanol–water partition coefficient (Wildman–Crippen LogP) is 3.56. The van der Waals surface area contributed by atoms with Gasteiger partial charge >= 0.3 is 0 Å². The van der Waals surface area contributed by atoms with E-state index in [0.29, 0.717) is 0 Å². The van der Waals surface area contributed by atoms with Gasteiger partial charge in [-0.2, -0.15) is 0 Å². The van der Waals surface area contributed by atoms with Gasteiger partial charge in [-0.3, -0.25) is 4.90 Å². The maximum Gasteiger partial charge on any atom is 0.0116 e. The Morgan fingerprint density at radius 2 is 1.47 bits per heavy atom. The maximum absolute atomic E-state index is 3.55. The summed E-state index contributed by atoms with van der Waals surface area (Å²) >= 11 is 0. The number of fused-ring (bicyclic) bond motifs is 2. The molecule has 1 saturated carbocycles. The first kappa shape index (κ1) is 13.9. The highest BCUT2D eigenvalue weighted by molar-refractivity contribution is 4.98. The normalized spacial score (nSPS) is 44.2. The fourth-order valence-corrected chi connectivity index (χ4v) is 5.15. The van der Waals surface area contributed by atoms with Crippen LogP contribution in [-0.4, -0.2) is 36.1 Å². The first-order valence-corrected chi connectivity index (χ1v) is 8.76. The number of hydrogen-bond acceptors (Lipinski definition) is 2. The van der Waals surface area contributed by atoms with E-state index in [1.54, 1.807) is 0 Å². The number of rotatable bonds is 3. The fourth-order valence-electron chi connectivity index (χ4n) is 5.15. The third kappa shape index (κ3) is 2.85. The lowest BCUT2D eigenvalue weighted by atomic mass is 9.76. The summed E-state index contributed by atoms with van der Waals surface area (Å²) in [5.41, 5.74) is 0. The lowest BCUT2D eigenvalue weighted by molar-refractivity contribution is -0.0283. The molecule has 3 aliphatic rings. The van der Waals surface area contributed by atoms with E-state index >= 15 is 0 Å². The molecule has 2 saturated heterocycles. The van der Waals surface area contributed by atoms with E-state index in [1.165, 1.54) is 64.2 Å². The van der Waals surface area contributed by atoms with Gasteiger partial charge in [-0.15, -0.1) is 0 Å². The molecule has 4 unspecified atom stereocenters. The second kappa shape index (κ2) is 6.13. The Kier molecular flexibility index (Phi) is 4.48. The van der Waals surface area contributed by atoms with Crippen molar-refractivity contribution in [1.29, 1.82) is 0 Å². The van der Waals surface area contributed by atoms with E-state index in [1.807, 2.05) is 0 Å². The van der Waals surface area contributed by atoms with Crippen LogP contribution >= 0.6 is 0 Å². The highest BCUT2D eigenvalue weighted by Crippen LogP contribution is 2.40. The van der Waals surface area contributed by atoms with E-state index in [-0.39, 0.29) is 0 Å². The van der Waals surface area contributed by atoms with Gasteiger partial charge in [0, 0.05) is 24.2 Å². The fraction of sp³-hybridized carbons (Fsp3) is 1.00. The Bertz CT molecular complexity index is 277. The van der Waals surface area contributed by atoms with Crippen LogP contribution in [0.3, 0.4) is 0 Å². The summed E-state index contributed by atoms with van der Waals surface area (Å²) in [5, 5.41) is 3.55.